The zero-order chi connectivity index (χ0) is 32.5. The first-order valence-corrected chi connectivity index (χ1v) is 16.0. The summed E-state index contributed by atoms with van der Waals surface area (Å²) in [5.74, 6) is -3.69. The molecule has 0 radical (unpaired) electrons. The lowest BCUT2D eigenvalue weighted by Crippen LogP contribution is -2.58. The van der Waals surface area contributed by atoms with Crippen molar-refractivity contribution in [3.8, 4) is 0 Å². The topological polar surface area (TPSA) is 156 Å². The predicted molar refractivity (Wildman–Crippen MR) is 167 cm³/mol. The molecular weight excluding hydrogens is 648 g/mol. The average Bonchev–Trinajstić information content (AvgIpc) is 3.75. The van der Waals surface area contributed by atoms with Gasteiger partial charge in [-0.05, 0) is 38.8 Å². The number of fused-ring (bicyclic) bond motifs is 2. The average molecular weight is 688 g/mol. The zero-order valence-corrected chi connectivity index (χ0v) is 27.0. The zero-order valence-electron chi connectivity index (χ0n) is 25.4. The van der Waals surface area contributed by atoms with Crippen molar-refractivity contribution < 1.29 is 33.8 Å². The molecule has 13 nitrogen and oxygen atoms in total. The maximum atomic E-state index is 14.6. The number of hydrogen-bond donors (Lipinski definition) is 2. The van der Waals surface area contributed by atoms with Crippen molar-refractivity contribution in [2.45, 2.75) is 74.5 Å². The number of para-hydroxylation sites is 1. The third kappa shape index (κ3) is 5.90. The standard InChI is InChI=1S/C31H39BrN6O7/c1-5-7-12-23(40)33-15-19(4)44-30(43)24-25-28(41)38(18(3)16-39)27(31(25)14-20(32)26(24)45-31)29(42)36(13-6-2)17-37-22-11-9-8-10-21(22)34-35-37/h5-6,8-11,18-20,24-27,39H,1-2,7,12-17H2,3-4H3,(H,33,40)/t18-,19+,20?,24+,25-,26+,27+,31-/m1/s1. The van der Waals surface area contributed by atoms with E-state index in [9.17, 15) is 24.3 Å². The number of alkyl halides is 1. The summed E-state index contributed by atoms with van der Waals surface area (Å²) < 4.78 is 13.9. The molecule has 1 aromatic heterocycles. The van der Waals surface area contributed by atoms with E-state index in [1.54, 1.807) is 30.7 Å². The highest BCUT2D eigenvalue weighted by atomic mass is 79.9. The van der Waals surface area contributed by atoms with Crippen molar-refractivity contribution in [2.24, 2.45) is 11.8 Å². The van der Waals surface area contributed by atoms with E-state index in [1.165, 1.54) is 9.80 Å². The van der Waals surface area contributed by atoms with E-state index in [4.69, 9.17) is 9.47 Å². The predicted octanol–water partition coefficient (Wildman–Crippen LogP) is 1.55. The number of likely N-dealkylation sites (tertiary alicyclic amines) is 1. The van der Waals surface area contributed by atoms with Crippen LogP contribution in [0.4, 0.5) is 0 Å². The Hall–Kier alpha value is -3.62. The van der Waals surface area contributed by atoms with Crippen molar-refractivity contribution in [3.63, 3.8) is 0 Å². The Bertz CT molecular complexity index is 1480. The van der Waals surface area contributed by atoms with Gasteiger partial charge in [0.25, 0.3) is 0 Å². The van der Waals surface area contributed by atoms with Gasteiger partial charge in [-0.1, -0.05) is 45.4 Å². The van der Waals surface area contributed by atoms with Gasteiger partial charge < -0.3 is 29.7 Å². The SMILES string of the molecule is C=CCCC(=O)NC[C@H](C)OC(=O)[C@@H]1[C@H]2O[C@@]3(CC2Br)[C@H](C(=O)N(CC=C)Cn2nnc4ccccc42)N([C@H](C)CO)C(=O)[C@@H]13. The van der Waals surface area contributed by atoms with Gasteiger partial charge in [0.2, 0.25) is 17.7 Å². The minimum atomic E-state index is -1.34. The second kappa shape index (κ2) is 13.4. The van der Waals surface area contributed by atoms with Gasteiger partial charge in [-0.15, -0.1) is 18.3 Å². The molecule has 3 amide bonds. The van der Waals surface area contributed by atoms with Crippen LogP contribution < -0.4 is 5.32 Å². The highest BCUT2D eigenvalue weighted by molar-refractivity contribution is 9.09. The number of carbonyl (C=O) groups is 4. The summed E-state index contributed by atoms with van der Waals surface area (Å²) in [7, 11) is 0. The van der Waals surface area contributed by atoms with Crippen LogP contribution >= 0.6 is 15.9 Å². The van der Waals surface area contributed by atoms with Crippen LogP contribution in [0.3, 0.4) is 0 Å². The number of rotatable bonds is 14. The maximum absolute atomic E-state index is 14.6. The van der Waals surface area contributed by atoms with Crippen LogP contribution in [0.15, 0.2) is 49.6 Å². The third-order valence-corrected chi connectivity index (χ3v) is 9.68. The van der Waals surface area contributed by atoms with Crippen LogP contribution in [0, 0.1) is 11.8 Å². The van der Waals surface area contributed by atoms with Gasteiger partial charge >= 0.3 is 5.97 Å². The fourth-order valence-corrected chi connectivity index (χ4v) is 7.75. The van der Waals surface area contributed by atoms with Crippen molar-refractivity contribution in [2.75, 3.05) is 19.7 Å². The number of ether oxygens (including phenoxy) is 2. The molecule has 4 heterocycles. The highest BCUT2D eigenvalue weighted by Crippen LogP contribution is 2.60. The molecule has 3 aliphatic rings. The van der Waals surface area contributed by atoms with Crippen LogP contribution in [0.1, 0.15) is 33.1 Å². The minimum absolute atomic E-state index is 0.0286. The van der Waals surface area contributed by atoms with Gasteiger partial charge in [-0.2, -0.15) is 0 Å². The molecule has 45 heavy (non-hydrogen) atoms. The van der Waals surface area contributed by atoms with Gasteiger partial charge in [-0.25, -0.2) is 4.68 Å². The molecule has 5 rings (SSSR count). The number of aromatic nitrogens is 3. The number of allylic oxidation sites excluding steroid dienone is 1. The number of nitrogens with zero attached hydrogens (tertiary/aromatic N) is 5. The summed E-state index contributed by atoms with van der Waals surface area (Å²) in [4.78, 5) is 57.1. The van der Waals surface area contributed by atoms with E-state index in [0.29, 0.717) is 18.4 Å². The van der Waals surface area contributed by atoms with Gasteiger partial charge in [-0.3, -0.25) is 19.2 Å². The van der Waals surface area contributed by atoms with Crippen molar-refractivity contribution >= 4 is 50.7 Å². The smallest absolute Gasteiger partial charge is 0.312 e. The number of esters is 1. The summed E-state index contributed by atoms with van der Waals surface area (Å²) in [6.07, 6.45) is 2.95. The van der Waals surface area contributed by atoms with Gasteiger partial charge in [0, 0.05) is 17.8 Å². The molecule has 2 N–H and O–H groups in total. The Labute approximate surface area is 269 Å². The fourth-order valence-electron chi connectivity index (χ4n) is 6.81. The molecule has 242 valence electrons. The number of halogens is 1. The first-order valence-electron chi connectivity index (χ1n) is 15.1. The normalized spacial score (nSPS) is 28.0. The molecular formula is C31H39BrN6O7. The lowest BCUT2D eigenvalue weighted by Gasteiger charge is -2.38. The molecule has 3 saturated heterocycles. The van der Waals surface area contributed by atoms with Gasteiger partial charge in [0.05, 0.1) is 42.6 Å². The number of amides is 3. The highest BCUT2D eigenvalue weighted by Gasteiger charge is 2.77. The Morgan fingerprint density at radius 1 is 1.29 bits per heavy atom. The Morgan fingerprint density at radius 3 is 2.76 bits per heavy atom. The lowest BCUT2D eigenvalue weighted by atomic mass is 9.70. The van der Waals surface area contributed by atoms with E-state index < -0.39 is 66.1 Å². The van der Waals surface area contributed by atoms with Gasteiger partial charge in [0.1, 0.15) is 29.9 Å². The minimum Gasteiger partial charge on any atom is -0.460 e. The molecule has 14 heteroatoms. The fraction of sp³-hybridized carbons (Fsp3) is 0.548. The second-order valence-electron chi connectivity index (χ2n) is 11.9. The van der Waals surface area contributed by atoms with E-state index in [2.05, 4.69) is 44.7 Å². The summed E-state index contributed by atoms with van der Waals surface area (Å²) in [6.45, 7) is 10.6. The van der Waals surface area contributed by atoms with Crippen LogP contribution in [-0.4, -0.2) is 108 Å². The summed E-state index contributed by atoms with van der Waals surface area (Å²) in [5, 5.41) is 21.3. The molecule has 3 aliphatic heterocycles. The summed E-state index contributed by atoms with van der Waals surface area (Å²) in [6, 6.07) is 5.50. The van der Waals surface area contributed by atoms with Gasteiger partial charge in [0.15, 0.2) is 0 Å². The molecule has 0 aliphatic carbocycles. The molecule has 1 spiro atoms. The number of nitrogens with one attached hydrogen (secondary N) is 1. The molecule has 2 bridgehead atoms. The first kappa shape index (κ1) is 32.8. The van der Waals surface area contributed by atoms with E-state index >= 15 is 0 Å². The van der Waals surface area contributed by atoms with E-state index in [-0.39, 0.29) is 36.9 Å². The second-order valence-corrected chi connectivity index (χ2v) is 13.1. The number of carbonyl (C=O) groups excluding carboxylic acids is 4. The monoisotopic (exact) mass is 686 g/mol. The first-order chi connectivity index (χ1) is 21.6. The van der Waals surface area contributed by atoms with Crippen LogP contribution in [0.2, 0.25) is 0 Å². The summed E-state index contributed by atoms with van der Waals surface area (Å²) >= 11 is 3.65. The Morgan fingerprint density at radius 2 is 2.04 bits per heavy atom. The third-order valence-electron chi connectivity index (χ3n) is 8.84. The van der Waals surface area contributed by atoms with Crippen molar-refractivity contribution in [1.82, 2.24) is 30.1 Å². The van der Waals surface area contributed by atoms with E-state index in [0.717, 1.165) is 5.52 Å². The number of benzene rings is 1. The Kier molecular flexibility index (Phi) is 9.75. The van der Waals surface area contributed by atoms with Crippen LogP contribution in [-0.2, 0) is 35.3 Å². The quantitative estimate of drug-likeness (QED) is 0.171. The maximum Gasteiger partial charge on any atom is 0.312 e. The molecule has 1 unspecified atom stereocenters. The van der Waals surface area contributed by atoms with Crippen molar-refractivity contribution in [3.05, 3.63) is 49.6 Å². The number of aliphatic hydroxyl groups excluding tert-OH is 1. The van der Waals surface area contributed by atoms with Crippen LogP contribution in [0.25, 0.3) is 11.0 Å². The molecule has 0 saturated carbocycles. The largest absolute Gasteiger partial charge is 0.460 e. The molecule has 1 aromatic carbocycles. The number of hydrogen-bond acceptors (Lipinski definition) is 9. The molecule has 8 atom stereocenters. The van der Waals surface area contributed by atoms with Crippen molar-refractivity contribution in [1.29, 1.82) is 0 Å². The molecule has 2 aromatic rings. The van der Waals surface area contributed by atoms with Crippen LogP contribution in [0.5, 0.6) is 0 Å². The number of aliphatic hydroxyl groups is 1. The Balaban J connectivity index is 1.42. The van der Waals surface area contributed by atoms with E-state index in [1.807, 2.05) is 24.3 Å². The molecule has 3 fully saturated rings. The lowest BCUT2D eigenvalue weighted by molar-refractivity contribution is -0.160. The summed E-state index contributed by atoms with van der Waals surface area (Å²) in [5.41, 5.74) is 0.0537.